The van der Waals surface area contributed by atoms with Crippen LogP contribution in [0.4, 0.5) is 0 Å². The number of hydrogen-bond donors (Lipinski definition) is 1. The molecule has 0 saturated heterocycles. The first-order valence-corrected chi connectivity index (χ1v) is 12.7. The number of nitrogens with one attached hydrogen (secondary N) is 1. The molecule has 0 atom stereocenters. The summed E-state index contributed by atoms with van der Waals surface area (Å²) < 4.78 is 28.4. The highest BCUT2D eigenvalue weighted by molar-refractivity contribution is 9.10. The number of halogens is 3. The van der Waals surface area contributed by atoms with Gasteiger partial charge in [-0.25, -0.2) is 13.8 Å². The van der Waals surface area contributed by atoms with Crippen molar-refractivity contribution in [1.29, 1.82) is 0 Å². The van der Waals surface area contributed by atoms with Gasteiger partial charge in [-0.3, -0.25) is 4.79 Å². The summed E-state index contributed by atoms with van der Waals surface area (Å²) in [7, 11) is -4.01. The maximum atomic E-state index is 13.3. The van der Waals surface area contributed by atoms with Crippen molar-refractivity contribution in [3.8, 4) is 0 Å². The summed E-state index contributed by atoms with van der Waals surface area (Å²) in [6, 6.07) is 18.5. The second-order valence-corrected chi connectivity index (χ2v) is 10.9. The molecule has 33 heavy (non-hydrogen) atoms. The van der Waals surface area contributed by atoms with Crippen molar-refractivity contribution in [1.82, 2.24) is 9.73 Å². The van der Waals surface area contributed by atoms with Crippen LogP contribution >= 0.6 is 39.1 Å². The number of rotatable bonds is 8. The van der Waals surface area contributed by atoms with Crippen LogP contribution in [-0.2, 0) is 21.4 Å². The Hall–Kier alpha value is -2.23. The maximum Gasteiger partial charge on any atom is 0.255 e. The number of amides is 1. The quantitative estimate of drug-likeness (QED) is 0.292. The van der Waals surface area contributed by atoms with Crippen molar-refractivity contribution in [3.63, 3.8) is 0 Å². The van der Waals surface area contributed by atoms with E-state index < -0.39 is 22.5 Å². The smallest absolute Gasteiger partial charge is 0.255 e. The van der Waals surface area contributed by atoms with E-state index in [-0.39, 0.29) is 11.4 Å². The zero-order valence-corrected chi connectivity index (χ0v) is 21.4. The number of benzene rings is 3. The molecule has 0 aliphatic heterocycles. The normalized spacial score (nSPS) is 11.8. The summed E-state index contributed by atoms with van der Waals surface area (Å²) in [6.45, 7) is 1.39. The van der Waals surface area contributed by atoms with E-state index in [1.54, 1.807) is 24.3 Å². The average molecular weight is 569 g/mol. The highest BCUT2D eigenvalue weighted by atomic mass is 79.9. The highest BCUT2D eigenvalue weighted by Gasteiger charge is 2.27. The summed E-state index contributed by atoms with van der Waals surface area (Å²) in [5.41, 5.74) is 4.79. The second-order valence-electron chi connectivity index (χ2n) is 7.17. The Morgan fingerprint density at radius 1 is 1.06 bits per heavy atom. The minimum atomic E-state index is -4.01. The van der Waals surface area contributed by atoms with E-state index in [2.05, 4.69) is 26.5 Å². The molecule has 1 N–H and O–H groups in total. The van der Waals surface area contributed by atoms with Gasteiger partial charge in [-0.2, -0.15) is 9.41 Å². The van der Waals surface area contributed by atoms with Crippen LogP contribution in [0.15, 0.2) is 81.2 Å². The predicted octanol–water partition coefficient (Wildman–Crippen LogP) is 5.41. The molecule has 0 aliphatic rings. The molecule has 0 bridgehead atoms. The number of carbonyl (C=O) groups excluding carboxylic acids is 1. The molecular formula is C23H20BrCl2N3O3S. The van der Waals surface area contributed by atoms with Gasteiger partial charge in [-0.05, 0) is 54.4 Å². The Balaban J connectivity index is 1.82. The van der Waals surface area contributed by atoms with E-state index in [0.717, 1.165) is 19.9 Å². The van der Waals surface area contributed by atoms with Gasteiger partial charge >= 0.3 is 0 Å². The molecule has 1 amide bonds. The zero-order chi connectivity index (χ0) is 24.0. The molecule has 6 nitrogen and oxygen atoms in total. The van der Waals surface area contributed by atoms with Crippen LogP contribution in [0, 0.1) is 6.92 Å². The van der Waals surface area contributed by atoms with E-state index in [1.165, 1.54) is 24.4 Å². The lowest BCUT2D eigenvalue weighted by molar-refractivity contribution is -0.121. The molecule has 0 spiro atoms. The van der Waals surface area contributed by atoms with Crippen LogP contribution in [0.25, 0.3) is 0 Å². The number of aryl methyl sites for hydroxylation is 1. The Kier molecular flexibility index (Phi) is 8.67. The lowest BCUT2D eigenvalue weighted by atomic mass is 10.2. The van der Waals surface area contributed by atoms with Gasteiger partial charge < -0.3 is 0 Å². The molecule has 0 heterocycles. The fraction of sp³-hybridized carbons (Fsp3) is 0.130. The van der Waals surface area contributed by atoms with Gasteiger partial charge in [-0.1, -0.05) is 75.0 Å². The SMILES string of the molecule is Cc1ccc(/C=N/NC(=O)CN(Cc2ccc(Cl)cc2Cl)S(=O)(=O)c2ccc(Br)cc2)cc1. The van der Waals surface area contributed by atoms with Gasteiger partial charge in [0.1, 0.15) is 0 Å². The Morgan fingerprint density at radius 2 is 1.73 bits per heavy atom. The number of sulfonamides is 1. The number of carbonyl (C=O) groups is 1. The van der Waals surface area contributed by atoms with Crippen LogP contribution in [-0.4, -0.2) is 31.4 Å². The first-order valence-electron chi connectivity index (χ1n) is 9.73. The fourth-order valence-electron chi connectivity index (χ4n) is 2.85. The first-order chi connectivity index (χ1) is 15.6. The van der Waals surface area contributed by atoms with Crippen molar-refractivity contribution in [2.24, 2.45) is 5.10 Å². The minimum absolute atomic E-state index is 0.0479. The molecule has 3 rings (SSSR count). The number of hydrazone groups is 1. The van der Waals surface area contributed by atoms with Crippen LogP contribution in [0.1, 0.15) is 16.7 Å². The third-order valence-electron chi connectivity index (χ3n) is 4.61. The van der Waals surface area contributed by atoms with E-state index >= 15 is 0 Å². The van der Waals surface area contributed by atoms with Crippen molar-refractivity contribution in [2.75, 3.05) is 6.54 Å². The van der Waals surface area contributed by atoms with Gasteiger partial charge in [0.2, 0.25) is 10.0 Å². The zero-order valence-electron chi connectivity index (χ0n) is 17.5. The number of nitrogens with zero attached hydrogens (tertiary/aromatic N) is 2. The van der Waals surface area contributed by atoms with E-state index in [0.29, 0.717) is 15.6 Å². The third kappa shape index (κ3) is 7.12. The molecule has 0 aromatic heterocycles. The summed E-state index contributed by atoms with van der Waals surface area (Å²) in [5.74, 6) is -0.593. The standard InChI is InChI=1S/C23H20BrCl2N3O3S/c1-16-2-4-17(5-3-16)13-27-28-23(30)15-29(14-18-6-9-20(25)12-22(18)26)33(31,32)21-10-7-19(24)8-11-21/h2-13H,14-15H2,1H3,(H,28,30)/b27-13+. The highest BCUT2D eigenvalue weighted by Crippen LogP contribution is 2.25. The predicted molar refractivity (Wildman–Crippen MR) is 135 cm³/mol. The topological polar surface area (TPSA) is 78.8 Å². The monoisotopic (exact) mass is 567 g/mol. The fourth-order valence-corrected chi connectivity index (χ4v) is 4.96. The summed E-state index contributed by atoms with van der Waals surface area (Å²) in [6.07, 6.45) is 1.49. The Morgan fingerprint density at radius 3 is 2.36 bits per heavy atom. The average Bonchev–Trinajstić information content (AvgIpc) is 2.76. The van der Waals surface area contributed by atoms with Crippen molar-refractivity contribution < 1.29 is 13.2 Å². The van der Waals surface area contributed by atoms with Crippen LogP contribution < -0.4 is 5.43 Å². The largest absolute Gasteiger partial charge is 0.272 e. The summed E-state index contributed by atoms with van der Waals surface area (Å²) in [5, 5.41) is 4.66. The summed E-state index contributed by atoms with van der Waals surface area (Å²) >= 11 is 15.5. The molecular weight excluding hydrogens is 549 g/mol. The maximum absolute atomic E-state index is 13.3. The third-order valence-corrected chi connectivity index (χ3v) is 7.53. The molecule has 10 heteroatoms. The lowest BCUT2D eigenvalue weighted by Crippen LogP contribution is -2.39. The van der Waals surface area contributed by atoms with Gasteiger partial charge in [0.25, 0.3) is 5.91 Å². The minimum Gasteiger partial charge on any atom is -0.272 e. The van der Waals surface area contributed by atoms with Crippen molar-refractivity contribution in [3.05, 3.63) is 97.9 Å². The van der Waals surface area contributed by atoms with E-state index in [1.807, 2.05) is 31.2 Å². The Labute approximate surface area is 211 Å². The van der Waals surface area contributed by atoms with Crippen LogP contribution in [0.3, 0.4) is 0 Å². The molecule has 172 valence electrons. The molecule has 0 fully saturated rings. The molecule has 0 saturated carbocycles. The van der Waals surface area contributed by atoms with Gasteiger partial charge in [0.05, 0.1) is 17.7 Å². The molecule has 0 unspecified atom stereocenters. The molecule has 3 aromatic carbocycles. The van der Waals surface area contributed by atoms with E-state index in [9.17, 15) is 13.2 Å². The van der Waals surface area contributed by atoms with Crippen molar-refractivity contribution >= 4 is 61.3 Å². The van der Waals surface area contributed by atoms with Crippen LogP contribution in [0.5, 0.6) is 0 Å². The number of hydrogen-bond acceptors (Lipinski definition) is 4. The van der Waals surface area contributed by atoms with Gasteiger partial charge in [0, 0.05) is 21.1 Å². The molecule has 3 aromatic rings. The van der Waals surface area contributed by atoms with Crippen molar-refractivity contribution in [2.45, 2.75) is 18.4 Å². The molecule has 0 radical (unpaired) electrons. The van der Waals surface area contributed by atoms with E-state index in [4.69, 9.17) is 23.2 Å². The van der Waals surface area contributed by atoms with Gasteiger partial charge in [0.15, 0.2) is 0 Å². The van der Waals surface area contributed by atoms with Gasteiger partial charge in [-0.15, -0.1) is 0 Å². The van der Waals surface area contributed by atoms with Crippen LogP contribution in [0.2, 0.25) is 10.0 Å². The lowest BCUT2D eigenvalue weighted by Gasteiger charge is -2.22. The summed E-state index contributed by atoms with van der Waals surface area (Å²) in [4.78, 5) is 12.6. The second kappa shape index (κ2) is 11.3. The first kappa shape index (κ1) is 25.4. The Bertz CT molecular complexity index is 1270. The molecule has 0 aliphatic carbocycles.